The number of methoxy groups -OCH3 is 1. The molecule has 1 atom stereocenters. The normalized spacial score (nSPS) is 16.5. The van der Waals surface area contributed by atoms with E-state index in [0.29, 0.717) is 19.6 Å². The van der Waals surface area contributed by atoms with Crippen LogP contribution in [-0.4, -0.2) is 61.7 Å². The van der Waals surface area contributed by atoms with Crippen LogP contribution in [0.15, 0.2) is 24.3 Å². The molecule has 1 aliphatic rings. The van der Waals surface area contributed by atoms with Crippen LogP contribution in [0.2, 0.25) is 0 Å². The Bertz CT molecular complexity index is 745. The SMILES string of the molecule is COc1cccc(CC(=O)N2CCCC(C(=O)NCCNC(=O)OC(C)(C)C)C2)c1. The number of carbonyl (C=O) groups is 3. The first-order chi connectivity index (χ1) is 14.2. The van der Waals surface area contributed by atoms with Gasteiger partial charge in [0, 0.05) is 26.2 Å². The van der Waals surface area contributed by atoms with Crippen LogP contribution in [0.3, 0.4) is 0 Å². The van der Waals surface area contributed by atoms with E-state index in [0.717, 1.165) is 24.2 Å². The number of ether oxygens (including phenoxy) is 2. The smallest absolute Gasteiger partial charge is 0.407 e. The molecule has 1 fully saturated rings. The van der Waals surface area contributed by atoms with Gasteiger partial charge < -0.3 is 25.0 Å². The maximum atomic E-state index is 12.7. The third-order valence-electron chi connectivity index (χ3n) is 4.73. The fourth-order valence-corrected chi connectivity index (χ4v) is 3.30. The summed E-state index contributed by atoms with van der Waals surface area (Å²) in [5.74, 6) is 0.387. The van der Waals surface area contributed by atoms with Crippen LogP contribution in [0.25, 0.3) is 0 Å². The molecule has 1 aromatic rings. The maximum absolute atomic E-state index is 12.7. The predicted molar refractivity (Wildman–Crippen MR) is 113 cm³/mol. The molecule has 166 valence electrons. The van der Waals surface area contributed by atoms with E-state index in [1.165, 1.54) is 0 Å². The Balaban J connectivity index is 1.76. The third kappa shape index (κ3) is 7.93. The number of piperidine rings is 1. The van der Waals surface area contributed by atoms with Crippen molar-refractivity contribution < 1.29 is 23.9 Å². The van der Waals surface area contributed by atoms with Crippen molar-refractivity contribution in [2.75, 3.05) is 33.3 Å². The Morgan fingerprint density at radius 3 is 2.60 bits per heavy atom. The molecule has 1 aromatic carbocycles. The first-order valence-corrected chi connectivity index (χ1v) is 10.3. The molecule has 1 heterocycles. The zero-order valence-electron chi connectivity index (χ0n) is 18.3. The van der Waals surface area contributed by atoms with Gasteiger partial charge in [-0.2, -0.15) is 0 Å². The lowest BCUT2D eigenvalue weighted by molar-refractivity contribution is -0.135. The van der Waals surface area contributed by atoms with Gasteiger partial charge in [-0.25, -0.2) is 4.79 Å². The molecule has 1 aliphatic heterocycles. The van der Waals surface area contributed by atoms with Crippen LogP contribution < -0.4 is 15.4 Å². The topological polar surface area (TPSA) is 97.0 Å². The second kappa shape index (κ2) is 10.8. The summed E-state index contributed by atoms with van der Waals surface area (Å²) in [7, 11) is 1.60. The lowest BCUT2D eigenvalue weighted by Gasteiger charge is -2.32. The lowest BCUT2D eigenvalue weighted by atomic mass is 9.96. The molecule has 0 aliphatic carbocycles. The number of benzene rings is 1. The van der Waals surface area contributed by atoms with Gasteiger partial charge in [-0.1, -0.05) is 12.1 Å². The Morgan fingerprint density at radius 1 is 1.17 bits per heavy atom. The summed E-state index contributed by atoms with van der Waals surface area (Å²) in [5, 5.41) is 5.44. The van der Waals surface area contributed by atoms with Gasteiger partial charge >= 0.3 is 6.09 Å². The highest BCUT2D eigenvalue weighted by molar-refractivity contribution is 5.82. The van der Waals surface area contributed by atoms with Gasteiger partial charge in [-0.3, -0.25) is 9.59 Å². The number of likely N-dealkylation sites (tertiary alicyclic amines) is 1. The summed E-state index contributed by atoms with van der Waals surface area (Å²) in [6.45, 7) is 7.04. The predicted octanol–water partition coefficient (Wildman–Crippen LogP) is 2.12. The number of carbonyl (C=O) groups excluding carboxylic acids is 3. The number of alkyl carbamates (subject to hydrolysis) is 1. The van der Waals surface area contributed by atoms with Crippen molar-refractivity contribution in [3.63, 3.8) is 0 Å². The lowest BCUT2D eigenvalue weighted by Crippen LogP contribution is -2.47. The molecule has 30 heavy (non-hydrogen) atoms. The van der Waals surface area contributed by atoms with Gasteiger partial charge in [0.05, 0.1) is 19.4 Å². The summed E-state index contributed by atoms with van der Waals surface area (Å²) in [6, 6.07) is 7.45. The van der Waals surface area contributed by atoms with Crippen molar-refractivity contribution in [3.8, 4) is 5.75 Å². The number of rotatable bonds is 7. The van der Waals surface area contributed by atoms with Crippen LogP contribution in [0.1, 0.15) is 39.2 Å². The molecular weight excluding hydrogens is 386 g/mol. The summed E-state index contributed by atoms with van der Waals surface area (Å²) in [4.78, 5) is 38.5. The number of nitrogens with one attached hydrogen (secondary N) is 2. The second-order valence-corrected chi connectivity index (χ2v) is 8.43. The highest BCUT2D eigenvalue weighted by atomic mass is 16.6. The average molecular weight is 420 g/mol. The number of hydrogen-bond acceptors (Lipinski definition) is 5. The molecular formula is C22H33N3O5. The van der Waals surface area contributed by atoms with E-state index in [2.05, 4.69) is 10.6 Å². The van der Waals surface area contributed by atoms with Gasteiger partial charge in [-0.15, -0.1) is 0 Å². The van der Waals surface area contributed by atoms with Gasteiger partial charge in [0.1, 0.15) is 11.4 Å². The van der Waals surface area contributed by atoms with Crippen LogP contribution in [-0.2, 0) is 20.7 Å². The van der Waals surface area contributed by atoms with Crippen LogP contribution >= 0.6 is 0 Å². The van der Waals surface area contributed by atoms with E-state index >= 15 is 0 Å². The molecule has 0 bridgehead atoms. The van der Waals surface area contributed by atoms with Crippen molar-refractivity contribution >= 4 is 17.9 Å². The molecule has 2 rings (SSSR count). The summed E-state index contributed by atoms with van der Waals surface area (Å²) in [6.07, 6.45) is 1.31. The molecule has 2 N–H and O–H groups in total. The molecule has 8 nitrogen and oxygen atoms in total. The highest BCUT2D eigenvalue weighted by Gasteiger charge is 2.28. The monoisotopic (exact) mass is 419 g/mol. The molecule has 0 radical (unpaired) electrons. The average Bonchev–Trinajstić information content (AvgIpc) is 2.70. The first-order valence-electron chi connectivity index (χ1n) is 10.3. The van der Waals surface area contributed by atoms with Gasteiger partial charge in [0.2, 0.25) is 11.8 Å². The minimum absolute atomic E-state index is 0.00680. The number of nitrogens with zero attached hydrogens (tertiary/aromatic N) is 1. The van der Waals surface area contributed by atoms with E-state index < -0.39 is 11.7 Å². The number of hydrogen-bond donors (Lipinski definition) is 2. The van der Waals surface area contributed by atoms with E-state index in [1.807, 2.05) is 24.3 Å². The summed E-state index contributed by atoms with van der Waals surface area (Å²) >= 11 is 0. The minimum Gasteiger partial charge on any atom is -0.497 e. The molecule has 3 amide bonds. The fraction of sp³-hybridized carbons (Fsp3) is 0.591. The molecule has 0 spiro atoms. The van der Waals surface area contributed by atoms with E-state index in [9.17, 15) is 14.4 Å². The van der Waals surface area contributed by atoms with Gasteiger partial charge in [0.15, 0.2) is 0 Å². The Kier molecular flexibility index (Phi) is 8.50. The van der Waals surface area contributed by atoms with E-state index in [-0.39, 0.29) is 30.7 Å². The van der Waals surface area contributed by atoms with Crippen LogP contribution in [0, 0.1) is 5.92 Å². The quantitative estimate of drug-likeness (QED) is 0.660. The molecule has 0 saturated carbocycles. The van der Waals surface area contributed by atoms with Gasteiger partial charge in [0.25, 0.3) is 0 Å². The van der Waals surface area contributed by atoms with Crippen LogP contribution in [0.4, 0.5) is 4.79 Å². The first kappa shape index (κ1) is 23.5. The fourth-order valence-electron chi connectivity index (χ4n) is 3.30. The summed E-state index contributed by atoms with van der Waals surface area (Å²) < 4.78 is 10.4. The zero-order chi connectivity index (χ0) is 22.1. The van der Waals surface area contributed by atoms with Crippen molar-refractivity contribution in [1.29, 1.82) is 0 Å². The van der Waals surface area contributed by atoms with E-state index in [1.54, 1.807) is 32.8 Å². The summed E-state index contributed by atoms with van der Waals surface area (Å²) in [5.41, 5.74) is 0.329. The maximum Gasteiger partial charge on any atom is 0.407 e. The van der Waals surface area contributed by atoms with Crippen molar-refractivity contribution in [2.45, 2.75) is 45.6 Å². The van der Waals surface area contributed by atoms with Crippen molar-refractivity contribution in [2.24, 2.45) is 5.92 Å². The van der Waals surface area contributed by atoms with Crippen molar-refractivity contribution in [3.05, 3.63) is 29.8 Å². The van der Waals surface area contributed by atoms with Gasteiger partial charge in [-0.05, 0) is 51.3 Å². The number of amides is 3. The highest BCUT2D eigenvalue weighted by Crippen LogP contribution is 2.19. The molecule has 8 heteroatoms. The Hall–Kier alpha value is -2.77. The Morgan fingerprint density at radius 2 is 1.90 bits per heavy atom. The third-order valence-corrected chi connectivity index (χ3v) is 4.73. The standard InChI is InChI=1S/C22H33N3O5/c1-22(2,3)30-21(28)24-11-10-23-20(27)17-8-6-12-25(15-17)19(26)14-16-7-5-9-18(13-16)29-4/h5,7,9,13,17H,6,8,10-12,14-15H2,1-4H3,(H,23,27)(H,24,28). The molecule has 1 saturated heterocycles. The minimum atomic E-state index is -0.559. The van der Waals surface area contributed by atoms with Crippen molar-refractivity contribution in [1.82, 2.24) is 15.5 Å². The Labute approximate surface area is 178 Å². The second-order valence-electron chi connectivity index (χ2n) is 8.43. The largest absolute Gasteiger partial charge is 0.497 e. The van der Waals surface area contributed by atoms with Crippen LogP contribution in [0.5, 0.6) is 5.75 Å². The van der Waals surface area contributed by atoms with E-state index in [4.69, 9.17) is 9.47 Å². The zero-order valence-corrected chi connectivity index (χ0v) is 18.3. The molecule has 1 unspecified atom stereocenters. The molecule has 0 aromatic heterocycles.